The monoisotopic (exact) mass is 384 g/mol. The zero-order valence-electron chi connectivity index (χ0n) is 18.5. The van der Waals surface area contributed by atoms with E-state index in [0.717, 1.165) is 71.2 Å². The normalized spacial score (nSPS) is 18.2. The molecule has 1 rings (SSSR count). The van der Waals surface area contributed by atoms with Crippen LogP contribution in [-0.2, 0) is 9.63 Å². The van der Waals surface area contributed by atoms with Gasteiger partial charge in [-0.05, 0) is 59.0 Å². The first-order valence-electron chi connectivity index (χ1n) is 11.0. The Labute approximate surface area is 167 Å². The number of hydrogen-bond donors (Lipinski definition) is 1. The van der Waals surface area contributed by atoms with Gasteiger partial charge < -0.3 is 10.6 Å². The molecule has 0 aromatic carbocycles. The van der Waals surface area contributed by atoms with Crippen molar-refractivity contribution in [3.05, 3.63) is 0 Å². The van der Waals surface area contributed by atoms with Gasteiger partial charge in [-0.15, -0.1) is 0 Å². The number of nitrogens with zero attached hydrogens (tertiary/aromatic N) is 3. The Bertz CT molecular complexity index is 409. The maximum Gasteiger partial charge on any atom is 0.236 e. The minimum absolute atomic E-state index is 0.0368. The van der Waals surface area contributed by atoms with Crippen LogP contribution in [-0.4, -0.2) is 78.2 Å². The van der Waals surface area contributed by atoms with Crippen LogP contribution in [0.25, 0.3) is 0 Å². The maximum absolute atomic E-state index is 12.9. The van der Waals surface area contributed by atoms with Crippen LogP contribution in [0.15, 0.2) is 0 Å². The van der Waals surface area contributed by atoms with Crippen LogP contribution in [0.2, 0.25) is 0 Å². The molecule has 0 saturated carbocycles. The van der Waals surface area contributed by atoms with Gasteiger partial charge in [-0.3, -0.25) is 14.5 Å². The Kier molecular flexibility index (Phi) is 11.5. The summed E-state index contributed by atoms with van der Waals surface area (Å²) in [7, 11) is 0. The molecule has 1 aliphatic rings. The summed E-state index contributed by atoms with van der Waals surface area (Å²) in [6, 6.07) is 0.411. The molecule has 6 heteroatoms. The number of unbranched alkanes of at least 4 members (excludes halogenated alkanes) is 1. The average molecular weight is 385 g/mol. The number of likely N-dealkylation sites (N-methyl/N-ethyl adjacent to an activating group) is 1. The van der Waals surface area contributed by atoms with E-state index in [4.69, 9.17) is 10.6 Å². The van der Waals surface area contributed by atoms with Crippen LogP contribution in [0.5, 0.6) is 0 Å². The Balaban J connectivity index is 2.56. The molecule has 6 nitrogen and oxygen atoms in total. The van der Waals surface area contributed by atoms with Crippen molar-refractivity contribution in [3.63, 3.8) is 0 Å². The highest BCUT2D eigenvalue weighted by molar-refractivity contribution is 5.78. The largest absolute Gasteiger partial charge is 0.342 e. The maximum atomic E-state index is 12.9. The van der Waals surface area contributed by atoms with Gasteiger partial charge in [0.15, 0.2) is 0 Å². The molecule has 1 amide bonds. The van der Waals surface area contributed by atoms with E-state index in [2.05, 4.69) is 44.6 Å². The lowest BCUT2D eigenvalue weighted by Crippen LogP contribution is -2.46. The van der Waals surface area contributed by atoms with Gasteiger partial charge in [0.2, 0.25) is 5.91 Å². The molecular weight excluding hydrogens is 340 g/mol. The Morgan fingerprint density at radius 1 is 1.22 bits per heavy atom. The molecular formula is C21H44N4O2. The molecule has 0 aliphatic carbocycles. The Morgan fingerprint density at radius 3 is 2.44 bits per heavy atom. The van der Waals surface area contributed by atoms with E-state index < -0.39 is 0 Å². The summed E-state index contributed by atoms with van der Waals surface area (Å²) in [5.41, 5.74) is 5.62. The van der Waals surface area contributed by atoms with Crippen LogP contribution in [0.3, 0.4) is 0 Å². The van der Waals surface area contributed by atoms with Crippen molar-refractivity contribution in [1.29, 1.82) is 0 Å². The molecule has 2 N–H and O–H groups in total. The van der Waals surface area contributed by atoms with Crippen molar-refractivity contribution < 1.29 is 9.63 Å². The van der Waals surface area contributed by atoms with E-state index in [0.29, 0.717) is 19.1 Å². The fraction of sp³-hybridized carbons (Fsp3) is 0.952. The molecule has 0 radical (unpaired) electrons. The van der Waals surface area contributed by atoms with Crippen molar-refractivity contribution in [2.24, 2.45) is 5.73 Å². The van der Waals surface area contributed by atoms with Crippen LogP contribution in [0, 0.1) is 0 Å². The number of nitrogens with two attached hydrogens (primary N) is 1. The molecule has 0 aromatic rings. The zero-order valence-corrected chi connectivity index (χ0v) is 18.5. The molecule has 1 saturated heterocycles. The molecule has 27 heavy (non-hydrogen) atoms. The van der Waals surface area contributed by atoms with Crippen molar-refractivity contribution >= 4 is 5.91 Å². The molecule has 0 spiro atoms. The summed E-state index contributed by atoms with van der Waals surface area (Å²) >= 11 is 0. The van der Waals surface area contributed by atoms with Gasteiger partial charge in [0.05, 0.1) is 12.1 Å². The van der Waals surface area contributed by atoms with Crippen LogP contribution >= 0.6 is 0 Å². The lowest BCUT2D eigenvalue weighted by molar-refractivity contribution is -0.181. The number of carbonyl (C=O) groups excluding carboxylic acids is 1. The molecule has 1 atom stereocenters. The highest BCUT2D eigenvalue weighted by atomic mass is 16.7. The highest BCUT2D eigenvalue weighted by Crippen LogP contribution is 2.25. The highest BCUT2D eigenvalue weighted by Gasteiger charge is 2.31. The van der Waals surface area contributed by atoms with Gasteiger partial charge >= 0.3 is 0 Å². The SMILES string of the molecule is CCCCN(CCCN)C(=O)CN(CC)[C@H](CC)CCN1CCC(C)(C)O1. The zero-order chi connectivity index (χ0) is 20.3. The topological polar surface area (TPSA) is 62.0 Å². The van der Waals surface area contributed by atoms with Gasteiger partial charge in [0.25, 0.3) is 0 Å². The van der Waals surface area contributed by atoms with E-state index in [1.165, 1.54) is 0 Å². The molecule has 1 heterocycles. The fourth-order valence-corrected chi connectivity index (χ4v) is 3.70. The third-order valence-electron chi connectivity index (χ3n) is 5.55. The predicted octanol–water partition coefficient (Wildman–Crippen LogP) is 2.87. The van der Waals surface area contributed by atoms with Crippen LogP contribution in [0.4, 0.5) is 0 Å². The van der Waals surface area contributed by atoms with Gasteiger partial charge in [-0.2, -0.15) is 5.06 Å². The third-order valence-corrected chi connectivity index (χ3v) is 5.55. The van der Waals surface area contributed by atoms with Crippen LogP contribution in [0.1, 0.15) is 73.1 Å². The van der Waals surface area contributed by atoms with Crippen molar-refractivity contribution in [2.75, 3.05) is 45.8 Å². The molecule has 160 valence electrons. The first-order chi connectivity index (χ1) is 12.9. The number of carbonyl (C=O) groups is 1. The van der Waals surface area contributed by atoms with Crippen molar-refractivity contribution in [2.45, 2.75) is 84.8 Å². The third kappa shape index (κ3) is 8.90. The summed E-state index contributed by atoms with van der Waals surface area (Å²) in [5.74, 6) is 0.246. The van der Waals surface area contributed by atoms with E-state index in [1.807, 2.05) is 4.90 Å². The molecule has 0 bridgehead atoms. The van der Waals surface area contributed by atoms with Crippen LogP contribution < -0.4 is 5.73 Å². The smallest absolute Gasteiger partial charge is 0.236 e. The van der Waals surface area contributed by atoms with Crippen molar-refractivity contribution in [1.82, 2.24) is 14.9 Å². The van der Waals surface area contributed by atoms with Gasteiger partial charge in [0, 0.05) is 32.2 Å². The summed E-state index contributed by atoms with van der Waals surface area (Å²) in [6.45, 7) is 16.4. The van der Waals surface area contributed by atoms with E-state index in [1.54, 1.807) is 0 Å². The lowest BCUT2D eigenvalue weighted by Gasteiger charge is -2.33. The Morgan fingerprint density at radius 2 is 1.93 bits per heavy atom. The number of hydroxylamine groups is 2. The molecule has 0 unspecified atom stereocenters. The van der Waals surface area contributed by atoms with E-state index in [-0.39, 0.29) is 11.5 Å². The quantitative estimate of drug-likeness (QED) is 0.499. The van der Waals surface area contributed by atoms with E-state index in [9.17, 15) is 4.79 Å². The molecule has 1 fully saturated rings. The van der Waals surface area contributed by atoms with E-state index >= 15 is 0 Å². The van der Waals surface area contributed by atoms with Crippen molar-refractivity contribution in [3.8, 4) is 0 Å². The molecule has 0 aromatic heterocycles. The number of rotatable bonds is 14. The molecule has 1 aliphatic heterocycles. The number of hydrogen-bond acceptors (Lipinski definition) is 5. The predicted molar refractivity (Wildman–Crippen MR) is 112 cm³/mol. The fourth-order valence-electron chi connectivity index (χ4n) is 3.70. The number of amides is 1. The van der Waals surface area contributed by atoms with Gasteiger partial charge in [0.1, 0.15) is 0 Å². The average Bonchev–Trinajstić information content (AvgIpc) is 2.99. The lowest BCUT2D eigenvalue weighted by atomic mass is 10.1. The minimum atomic E-state index is -0.0368. The second kappa shape index (κ2) is 12.7. The Hall–Kier alpha value is -0.690. The summed E-state index contributed by atoms with van der Waals surface area (Å²) in [6.07, 6.45) is 6.20. The van der Waals surface area contributed by atoms with Gasteiger partial charge in [-0.25, -0.2) is 0 Å². The summed E-state index contributed by atoms with van der Waals surface area (Å²) in [4.78, 5) is 23.2. The second-order valence-corrected chi connectivity index (χ2v) is 8.32. The summed E-state index contributed by atoms with van der Waals surface area (Å²) < 4.78 is 0. The second-order valence-electron chi connectivity index (χ2n) is 8.32. The van der Waals surface area contributed by atoms with Gasteiger partial charge in [-0.1, -0.05) is 27.2 Å². The summed E-state index contributed by atoms with van der Waals surface area (Å²) in [5, 5.41) is 2.10. The first kappa shape index (κ1) is 24.3. The standard InChI is InChI=1S/C21H44N4O2/c1-6-9-14-24(15-10-13-22)20(26)18-23(8-3)19(7-2)11-16-25-17-12-21(4,5)27-25/h19H,6-18,22H2,1-5H3/t19-/m1/s1. The first-order valence-corrected chi connectivity index (χ1v) is 11.0. The minimum Gasteiger partial charge on any atom is -0.342 e.